The number of aromatic nitrogens is 1. The van der Waals surface area contributed by atoms with Gasteiger partial charge in [0.05, 0.1) is 5.69 Å². The number of hydrogen-bond donors (Lipinski definition) is 3. The normalized spacial score (nSPS) is 10.0. The molecule has 0 spiro atoms. The molecule has 0 unspecified atom stereocenters. The molecule has 0 aliphatic rings. The van der Waals surface area contributed by atoms with Gasteiger partial charge in [-0.05, 0) is 38.2 Å². The third-order valence-electron chi connectivity index (χ3n) is 3.15. The Bertz CT molecular complexity index is 739. The number of amides is 2. The van der Waals surface area contributed by atoms with Crippen LogP contribution in [0.4, 0.5) is 15.2 Å². The van der Waals surface area contributed by atoms with Crippen LogP contribution in [0.3, 0.4) is 0 Å². The van der Waals surface area contributed by atoms with Crippen LogP contribution in [0.15, 0.2) is 23.6 Å². The summed E-state index contributed by atoms with van der Waals surface area (Å²) in [5.74, 6) is -0.870. The van der Waals surface area contributed by atoms with Gasteiger partial charge < -0.3 is 16.0 Å². The lowest BCUT2D eigenvalue weighted by molar-refractivity contribution is -0.116. The molecule has 6 nitrogen and oxygen atoms in total. The van der Waals surface area contributed by atoms with Gasteiger partial charge in [-0.1, -0.05) is 0 Å². The molecule has 0 fully saturated rings. The first-order valence-corrected chi connectivity index (χ1v) is 8.35. The van der Waals surface area contributed by atoms with E-state index in [4.69, 9.17) is 0 Å². The Hall–Kier alpha value is -2.03. The summed E-state index contributed by atoms with van der Waals surface area (Å²) in [6.45, 7) is 2.13. The summed E-state index contributed by atoms with van der Waals surface area (Å²) in [4.78, 5) is 27.0. The minimum Gasteiger partial charge on any atom is -0.326 e. The number of thiazole rings is 1. The molecule has 0 saturated carbocycles. The zero-order valence-corrected chi connectivity index (χ0v) is 15.5. The maximum Gasteiger partial charge on any atom is 0.226 e. The molecule has 3 N–H and O–H groups in total. The Kier molecular flexibility index (Phi) is 8.47. The van der Waals surface area contributed by atoms with E-state index in [1.807, 2.05) is 7.05 Å². The average molecular weight is 387 g/mol. The largest absolute Gasteiger partial charge is 0.326 e. The van der Waals surface area contributed by atoms with E-state index in [0.717, 1.165) is 13.0 Å². The number of nitrogens with zero attached hydrogens (tertiary/aromatic N) is 1. The second-order valence-electron chi connectivity index (χ2n) is 5.17. The third kappa shape index (κ3) is 6.41. The van der Waals surface area contributed by atoms with Crippen molar-refractivity contribution in [3.63, 3.8) is 0 Å². The first kappa shape index (κ1) is 21.0. The summed E-state index contributed by atoms with van der Waals surface area (Å²) in [6, 6.07) is 4.40. The quantitative estimate of drug-likeness (QED) is 0.638. The van der Waals surface area contributed by atoms with Gasteiger partial charge in [0.25, 0.3) is 0 Å². The van der Waals surface area contributed by atoms with E-state index < -0.39 is 5.82 Å². The predicted octanol–water partition coefficient (Wildman–Crippen LogP) is 3.27. The highest BCUT2D eigenvalue weighted by molar-refractivity contribution is 7.14. The minimum absolute atomic E-state index is 0. The van der Waals surface area contributed by atoms with E-state index >= 15 is 0 Å². The highest BCUT2D eigenvalue weighted by Gasteiger charge is 2.12. The number of benzene rings is 1. The first-order chi connectivity index (χ1) is 11.5. The molecule has 0 aliphatic carbocycles. The van der Waals surface area contributed by atoms with Crippen molar-refractivity contribution in [2.24, 2.45) is 0 Å². The van der Waals surface area contributed by atoms with E-state index in [9.17, 15) is 14.0 Å². The summed E-state index contributed by atoms with van der Waals surface area (Å²) in [6.07, 6.45) is 1.13. The summed E-state index contributed by atoms with van der Waals surface area (Å²) in [5.41, 5.74) is 1.14. The molecule has 136 valence electrons. The van der Waals surface area contributed by atoms with Crippen LogP contribution in [0.5, 0.6) is 0 Å². The number of nitrogens with one attached hydrogen (secondary N) is 3. The van der Waals surface area contributed by atoms with E-state index in [2.05, 4.69) is 20.9 Å². The van der Waals surface area contributed by atoms with Crippen LogP contribution in [0.2, 0.25) is 0 Å². The van der Waals surface area contributed by atoms with Crippen molar-refractivity contribution in [1.29, 1.82) is 0 Å². The van der Waals surface area contributed by atoms with Crippen LogP contribution in [-0.2, 0) is 9.59 Å². The van der Waals surface area contributed by atoms with E-state index in [0.29, 0.717) is 28.5 Å². The minimum atomic E-state index is -0.488. The maximum absolute atomic E-state index is 14.2. The number of halogens is 2. The lowest BCUT2D eigenvalue weighted by Gasteiger charge is -2.05. The summed E-state index contributed by atoms with van der Waals surface area (Å²) < 4.78 is 14.2. The number of anilines is 2. The van der Waals surface area contributed by atoms with Crippen LogP contribution in [0, 0.1) is 5.82 Å². The Morgan fingerprint density at radius 3 is 2.68 bits per heavy atom. The molecule has 0 atom stereocenters. The van der Waals surface area contributed by atoms with Gasteiger partial charge in [-0.2, -0.15) is 0 Å². The van der Waals surface area contributed by atoms with Crippen LogP contribution >= 0.6 is 23.7 Å². The fourth-order valence-corrected chi connectivity index (χ4v) is 2.79. The van der Waals surface area contributed by atoms with Gasteiger partial charge in [0, 0.05) is 30.0 Å². The smallest absolute Gasteiger partial charge is 0.226 e. The molecule has 1 aromatic heterocycles. The standard InChI is InChI=1S/C16H19FN4O2S.ClH/c1-10(22)19-11-5-6-12(13(17)8-11)14-9-24-16(20-14)21-15(23)4-3-7-18-2;/h5-6,8-9,18H,3-4,7H2,1-2H3,(H,19,22)(H,20,21,23);1H. The fourth-order valence-electron chi connectivity index (χ4n) is 2.07. The SMILES string of the molecule is CNCCCC(=O)Nc1nc(-c2ccc(NC(C)=O)cc2F)cs1.Cl. The van der Waals surface area contributed by atoms with Crippen molar-refractivity contribution >= 4 is 46.4 Å². The lowest BCUT2D eigenvalue weighted by Crippen LogP contribution is -2.15. The summed E-state index contributed by atoms with van der Waals surface area (Å²) in [7, 11) is 1.83. The molecular formula is C16H20ClFN4O2S. The molecule has 0 radical (unpaired) electrons. The molecule has 1 aromatic carbocycles. The van der Waals surface area contributed by atoms with Gasteiger partial charge >= 0.3 is 0 Å². The van der Waals surface area contributed by atoms with Crippen LogP contribution in [-0.4, -0.2) is 30.4 Å². The van der Waals surface area contributed by atoms with Crippen LogP contribution in [0.25, 0.3) is 11.3 Å². The summed E-state index contributed by atoms with van der Waals surface area (Å²) >= 11 is 1.24. The van der Waals surface area contributed by atoms with Crippen molar-refractivity contribution in [3.8, 4) is 11.3 Å². The Labute approximate surface area is 155 Å². The number of rotatable bonds is 7. The fraction of sp³-hybridized carbons (Fsp3) is 0.312. The lowest BCUT2D eigenvalue weighted by atomic mass is 10.1. The zero-order chi connectivity index (χ0) is 17.5. The van der Waals surface area contributed by atoms with E-state index in [-0.39, 0.29) is 24.2 Å². The van der Waals surface area contributed by atoms with Gasteiger partial charge in [0.1, 0.15) is 5.82 Å². The predicted molar refractivity (Wildman–Crippen MR) is 101 cm³/mol. The Balaban J connectivity index is 0.00000312. The first-order valence-electron chi connectivity index (χ1n) is 7.47. The molecule has 2 amide bonds. The number of carbonyl (C=O) groups is 2. The van der Waals surface area contributed by atoms with Gasteiger partial charge in [0.2, 0.25) is 11.8 Å². The second kappa shape index (κ2) is 10.1. The molecular weight excluding hydrogens is 367 g/mol. The van der Waals surface area contributed by atoms with Crippen molar-refractivity contribution in [1.82, 2.24) is 10.3 Å². The summed E-state index contributed by atoms with van der Waals surface area (Å²) in [5, 5.41) is 10.3. The maximum atomic E-state index is 14.2. The van der Waals surface area contributed by atoms with Gasteiger partial charge in [-0.25, -0.2) is 9.37 Å². The van der Waals surface area contributed by atoms with Crippen LogP contribution < -0.4 is 16.0 Å². The molecule has 2 aromatic rings. The van der Waals surface area contributed by atoms with E-state index in [1.54, 1.807) is 17.5 Å². The second-order valence-corrected chi connectivity index (χ2v) is 6.03. The van der Waals surface area contributed by atoms with Crippen molar-refractivity contribution in [2.75, 3.05) is 24.2 Å². The molecule has 1 heterocycles. The number of hydrogen-bond acceptors (Lipinski definition) is 5. The molecule has 0 bridgehead atoms. The van der Waals surface area contributed by atoms with Crippen molar-refractivity contribution in [2.45, 2.75) is 19.8 Å². The molecule has 0 aliphatic heterocycles. The highest BCUT2D eigenvalue weighted by Crippen LogP contribution is 2.28. The third-order valence-corrected chi connectivity index (χ3v) is 3.90. The molecule has 9 heteroatoms. The van der Waals surface area contributed by atoms with Crippen molar-refractivity contribution in [3.05, 3.63) is 29.4 Å². The van der Waals surface area contributed by atoms with Crippen LogP contribution in [0.1, 0.15) is 19.8 Å². The van der Waals surface area contributed by atoms with E-state index in [1.165, 1.54) is 24.3 Å². The molecule has 2 rings (SSSR count). The van der Waals surface area contributed by atoms with Crippen molar-refractivity contribution < 1.29 is 14.0 Å². The zero-order valence-electron chi connectivity index (χ0n) is 13.9. The monoisotopic (exact) mass is 386 g/mol. The Morgan fingerprint density at radius 1 is 1.28 bits per heavy atom. The van der Waals surface area contributed by atoms with Gasteiger partial charge in [-0.3, -0.25) is 9.59 Å². The topological polar surface area (TPSA) is 83.1 Å². The molecule has 25 heavy (non-hydrogen) atoms. The highest BCUT2D eigenvalue weighted by atomic mass is 35.5. The van der Waals surface area contributed by atoms with Gasteiger partial charge in [0.15, 0.2) is 5.13 Å². The molecule has 0 saturated heterocycles. The van der Waals surface area contributed by atoms with Gasteiger partial charge in [-0.15, -0.1) is 23.7 Å². The average Bonchev–Trinajstić information content (AvgIpc) is 2.95. The Morgan fingerprint density at radius 2 is 2.04 bits per heavy atom. The number of carbonyl (C=O) groups excluding carboxylic acids is 2.